The van der Waals surface area contributed by atoms with Crippen LogP contribution in [0, 0.1) is 27.7 Å². The zero-order chi connectivity index (χ0) is 29.1. The van der Waals surface area contributed by atoms with E-state index in [-0.39, 0.29) is 27.9 Å². The molecule has 0 radical (unpaired) electrons. The third-order valence-electron chi connectivity index (χ3n) is 8.70. The molecule has 5 nitrogen and oxygen atoms in total. The van der Waals surface area contributed by atoms with Crippen LogP contribution in [0.25, 0.3) is 0 Å². The summed E-state index contributed by atoms with van der Waals surface area (Å²) in [6.45, 7) is 5.96. The number of hydrogen-bond donors (Lipinski definition) is 0. The first kappa shape index (κ1) is 28.1. The second-order valence-corrected chi connectivity index (χ2v) is 15.2. The van der Waals surface area contributed by atoms with Gasteiger partial charge in [0.25, 0.3) is 10.0 Å². The van der Waals surface area contributed by atoms with E-state index in [9.17, 15) is 18.5 Å². The maximum absolute atomic E-state index is 14.5. The Labute approximate surface area is 259 Å². The number of hydrogen-bond acceptors (Lipinski definition) is 5. The molecule has 1 aliphatic carbocycles. The van der Waals surface area contributed by atoms with Crippen LogP contribution in [0.3, 0.4) is 0 Å². The average Bonchev–Trinajstić information content (AvgIpc) is 3.29. The van der Waals surface area contributed by atoms with Gasteiger partial charge in [-0.2, -0.15) is 5.26 Å². The highest BCUT2D eigenvalue weighted by Crippen LogP contribution is 2.58. The molecular formula is C33H29IN2O3S2. The van der Waals surface area contributed by atoms with Crippen molar-refractivity contribution >= 4 is 55.4 Å². The van der Waals surface area contributed by atoms with Gasteiger partial charge in [0, 0.05) is 27.2 Å². The number of benzene rings is 3. The summed E-state index contributed by atoms with van der Waals surface area (Å²) in [5.74, 6) is -0.134. The van der Waals surface area contributed by atoms with Crippen molar-refractivity contribution < 1.29 is 13.2 Å². The summed E-state index contributed by atoms with van der Waals surface area (Å²) in [4.78, 5) is 13.4. The quantitative estimate of drug-likeness (QED) is 0.185. The standard InChI is InChI=1S/C33H29IN2O3S2/c1-4-29(37)27-18-33(27,3)22-7-5-6-21(16-22)32-31(25-14-15-40-30(25)19-35)26-17-23(34)10-13-28(26)36(32)41(38,39)24-11-8-20(2)9-12-24/h5-17,27,31-32H,4,18H2,1-3H3. The third-order valence-corrected chi connectivity index (χ3v) is 12.0. The summed E-state index contributed by atoms with van der Waals surface area (Å²) in [6, 6.07) is 24.6. The minimum Gasteiger partial charge on any atom is -0.299 e. The number of Topliss-reactive ketones (excluding diaryl/α,β-unsaturated/α-hetero) is 1. The van der Waals surface area contributed by atoms with Gasteiger partial charge in [0.2, 0.25) is 0 Å². The molecule has 2 heterocycles. The van der Waals surface area contributed by atoms with Crippen molar-refractivity contribution in [2.24, 2.45) is 5.92 Å². The Morgan fingerprint density at radius 3 is 2.56 bits per heavy atom. The van der Waals surface area contributed by atoms with E-state index in [4.69, 9.17) is 0 Å². The fourth-order valence-corrected chi connectivity index (χ4v) is 9.26. The predicted molar refractivity (Wildman–Crippen MR) is 171 cm³/mol. The number of thiophene rings is 1. The molecule has 4 aromatic rings. The van der Waals surface area contributed by atoms with E-state index < -0.39 is 16.1 Å². The Balaban J connectivity index is 1.58. The Morgan fingerprint density at radius 1 is 1.10 bits per heavy atom. The van der Waals surface area contributed by atoms with Gasteiger partial charge in [0.05, 0.1) is 16.6 Å². The molecule has 0 spiro atoms. The number of anilines is 1. The van der Waals surface area contributed by atoms with Gasteiger partial charge in [-0.05, 0) is 100.0 Å². The minimum absolute atomic E-state index is 0.0182. The van der Waals surface area contributed by atoms with Crippen molar-refractivity contribution in [1.29, 1.82) is 5.26 Å². The first-order valence-electron chi connectivity index (χ1n) is 13.6. The lowest BCUT2D eigenvalue weighted by Crippen LogP contribution is -2.34. The molecule has 41 heavy (non-hydrogen) atoms. The van der Waals surface area contributed by atoms with E-state index in [2.05, 4.69) is 47.7 Å². The lowest BCUT2D eigenvalue weighted by atomic mass is 9.83. The Hall–Kier alpha value is -3.00. The summed E-state index contributed by atoms with van der Waals surface area (Å²) < 4.78 is 31.6. The Morgan fingerprint density at radius 2 is 1.85 bits per heavy atom. The van der Waals surface area contributed by atoms with Gasteiger partial charge in [0.1, 0.15) is 16.7 Å². The molecule has 8 heteroatoms. The van der Waals surface area contributed by atoms with E-state index in [0.717, 1.165) is 37.8 Å². The lowest BCUT2D eigenvalue weighted by Gasteiger charge is -2.31. The van der Waals surface area contributed by atoms with E-state index in [0.29, 0.717) is 17.0 Å². The molecule has 0 amide bonds. The highest BCUT2D eigenvalue weighted by molar-refractivity contribution is 14.1. The highest BCUT2D eigenvalue weighted by atomic mass is 127. The number of carbonyl (C=O) groups excluding carboxylic acids is 1. The van der Waals surface area contributed by atoms with Crippen molar-refractivity contribution in [3.05, 3.63) is 114 Å². The third kappa shape index (κ3) is 4.62. The number of carbonyl (C=O) groups is 1. The van der Waals surface area contributed by atoms with Gasteiger partial charge in [-0.15, -0.1) is 11.3 Å². The van der Waals surface area contributed by atoms with Gasteiger partial charge >= 0.3 is 0 Å². The maximum Gasteiger partial charge on any atom is 0.264 e. The minimum atomic E-state index is -3.99. The molecule has 6 rings (SSSR count). The Bertz CT molecular complexity index is 1820. The molecule has 4 atom stereocenters. The van der Waals surface area contributed by atoms with E-state index in [1.54, 1.807) is 16.4 Å². The molecule has 0 N–H and O–H groups in total. The molecule has 208 valence electrons. The predicted octanol–water partition coefficient (Wildman–Crippen LogP) is 7.87. The van der Waals surface area contributed by atoms with Gasteiger partial charge in [-0.25, -0.2) is 8.42 Å². The number of nitriles is 1. The van der Waals surface area contributed by atoms with Gasteiger partial charge < -0.3 is 0 Å². The van der Waals surface area contributed by atoms with Crippen LogP contribution in [-0.4, -0.2) is 14.2 Å². The molecular weight excluding hydrogens is 663 g/mol. The fraction of sp³-hybridized carbons (Fsp3) is 0.273. The molecule has 0 saturated heterocycles. The van der Waals surface area contributed by atoms with Gasteiger partial charge in [0.15, 0.2) is 0 Å². The van der Waals surface area contributed by atoms with E-state index in [1.807, 2.05) is 67.8 Å². The fourth-order valence-electron chi connectivity index (χ4n) is 6.33. The first-order valence-corrected chi connectivity index (χ1v) is 17.0. The normalized spacial score (nSPS) is 23.2. The zero-order valence-electron chi connectivity index (χ0n) is 23.0. The van der Waals surface area contributed by atoms with Crippen molar-refractivity contribution in [2.45, 2.75) is 55.9 Å². The SMILES string of the molecule is CCC(=O)C1CC1(C)c1cccc(C2C(c3ccsc3C#N)c3cc(I)ccc3N2S(=O)(=O)c2ccc(C)cc2)c1. The van der Waals surface area contributed by atoms with Gasteiger partial charge in [-0.3, -0.25) is 9.10 Å². The number of rotatable bonds is 7. The van der Waals surface area contributed by atoms with E-state index in [1.165, 1.54) is 11.3 Å². The van der Waals surface area contributed by atoms with Crippen LogP contribution in [0.15, 0.2) is 83.1 Å². The number of halogens is 1. The van der Waals surface area contributed by atoms with Crippen LogP contribution in [0.2, 0.25) is 0 Å². The largest absolute Gasteiger partial charge is 0.299 e. The molecule has 1 saturated carbocycles. The van der Waals surface area contributed by atoms with Crippen LogP contribution < -0.4 is 4.31 Å². The summed E-state index contributed by atoms with van der Waals surface area (Å²) in [5, 5.41) is 11.9. The number of fused-ring (bicyclic) bond motifs is 1. The van der Waals surface area contributed by atoms with Crippen molar-refractivity contribution in [3.8, 4) is 6.07 Å². The highest BCUT2D eigenvalue weighted by Gasteiger charge is 2.55. The molecule has 4 unspecified atom stereocenters. The molecule has 2 aliphatic rings. The second-order valence-electron chi connectivity index (χ2n) is 11.2. The van der Waals surface area contributed by atoms with Crippen molar-refractivity contribution in [2.75, 3.05) is 4.31 Å². The summed E-state index contributed by atoms with van der Waals surface area (Å²) in [7, 11) is -3.99. The lowest BCUT2D eigenvalue weighted by molar-refractivity contribution is -0.120. The van der Waals surface area contributed by atoms with Gasteiger partial charge in [-0.1, -0.05) is 55.8 Å². The summed E-state index contributed by atoms with van der Waals surface area (Å²) in [6.07, 6.45) is 1.31. The van der Waals surface area contributed by atoms with Crippen molar-refractivity contribution in [1.82, 2.24) is 0 Å². The first-order chi connectivity index (χ1) is 19.6. The number of ketones is 1. The maximum atomic E-state index is 14.5. The smallest absolute Gasteiger partial charge is 0.264 e. The monoisotopic (exact) mass is 692 g/mol. The van der Waals surface area contributed by atoms with Crippen LogP contribution in [0.4, 0.5) is 5.69 Å². The molecule has 0 bridgehead atoms. The van der Waals surface area contributed by atoms with Crippen LogP contribution in [-0.2, 0) is 20.2 Å². The van der Waals surface area contributed by atoms with Crippen LogP contribution in [0.5, 0.6) is 0 Å². The van der Waals surface area contributed by atoms with Crippen LogP contribution >= 0.6 is 33.9 Å². The number of sulfonamides is 1. The summed E-state index contributed by atoms with van der Waals surface area (Å²) >= 11 is 3.63. The van der Waals surface area contributed by atoms with E-state index >= 15 is 0 Å². The van der Waals surface area contributed by atoms with Crippen LogP contribution in [0.1, 0.15) is 71.3 Å². The topological polar surface area (TPSA) is 78.2 Å². The number of nitrogens with zero attached hydrogens (tertiary/aromatic N) is 2. The van der Waals surface area contributed by atoms with Crippen molar-refractivity contribution in [3.63, 3.8) is 0 Å². The second kappa shape index (κ2) is 10.4. The summed E-state index contributed by atoms with van der Waals surface area (Å²) in [5.41, 5.74) is 4.95. The Kier molecular flexibility index (Phi) is 7.12. The zero-order valence-corrected chi connectivity index (χ0v) is 26.8. The molecule has 1 fully saturated rings. The molecule has 1 aliphatic heterocycles. The molecule has 3 aromatic carbocycles. The number of aryl methyl sites for hydroxylation is 1. The molecule has 1 aromatic heterocycles. The average molecular weight is 693 g/mol.